The van der Waals surface area contributed by atoms with Crippen LogP contribution >= 0.6 is 0 Å². The van der Waals surface area contributed by atoms with Crippen molar-refractivity contribution >= 4 is 10.0 Å². The lowest BCUT2D eigenvalue weighted by Crippen LogP contribution is -2.22. The first kappa shape index (κ1) is 14.3. The van der Waals surface area contributed by atoms with E-state index in [0.717, 1.165) is 36.8 Å². The van der Waals surface area contributed by atoms with Gasteiger partial charge in [0, 0.05) is 0 Å². The highest BCUT2D eigenvalue weighted by Gasteiger charge is 2.22. The van der Waals surface area contributed by atoms with Crippen LogP contribution in [0.5, 0.6) is 5.75 Å². The lowest BCUT2D eigenvalue weighted by Gasteiger charge is -2.25. The van der Waals surface area contributed by atoms with Gasteiger partial charge in [-0.15, -0.1) is 0 Å². The summed E-state index contributed by atoms with van der Waals surface area (Å²) in [7, 11) is -3.75. The summed E-state index contributed by atoms with van der Waals surface area (Å²) in [6.07, 6.45) is 5.58. The Bertz CT molecular complexity index is 560. The number of sulfonamides is 1. The number of primary sulfonamides is 1. The summed E-state index contributed by atoms with van der Waals surface area (Å²) in [4.78, 5) is 0.107. The molecule has 0 saturated heterocycles. The summed E-state index contributed by atoms with van der Waals surface area (Å²) in [6.45, 7) is 3.71. The second-order valence-corrected chi connectivity index (χ2v) is 6.86. The molecule has 0 spiro atoms. The molecule has 106 valence electrons. The predicted octanol–water partition coefficient (Wildman–Crippen LogP) is 2.66. The molecule has 1 aromatic rings. The average Bonchev–Trinajstić information content (AvgIpc) is 2.32. The summed E-state index contributed by atoms with van der Waals surface area (Å²) in [6, 6.07) is 3.51. The van der Waals surface area contributed by atoms with Crippen molar-refractivity contribution in [1.29, 1.82) is 0 Å². The first-order chi connectivity index (χ1) is 8.88. The Kier molecular flexibility index (Phi) is 4.16. The number of hydrogen-bond donors (Lipinski definition) is 1. The molecule has 1 aliphatic rings. The second-order valence-electron chi connectivity index (χ2n) is 5.33. The molecule has 1 aliphatic carbocycles. The molecule has 0 radical (unpaired) electrons. The largest absolute Gasteiger partial charge is 0.489 e. The summed E-state index contributed by atoms with van der Waals surface area (Å²) in [5, 5.41) is 5.29. The van der Waals surface area contributed by atoms with E-state index in [1.807, 2.05) is 19.9 Å². The van der Waals surface area contributed by atoms with Crippen LogP contribution in [-0.2, 0) is 10.0 Å². The van der Waals surface area contributed by atoms with Gasteiger partial charge in [-0.1, -0.05) is 12.5 Å². The molecule has 0 amide bonds. The maximum atomic E-state index is 11.7. The molecule has 5 heteroatoms. The number of nitrogens with two attached hydrogens (primary N) is 1. The Morgan fingerprint density at radius 2 is 1.79 bits per heavy atom. The smallest absolute Gasteiger partial charge is 0.241 e. The third-order valence-electron chi connectivity index (χ3n) is 3.53. The van der Waals surface area contributed by atoms with Gasteiger partial charge in [0.05, 0.1) is 6.10 Å². The van der Waals surface area contributed by atoms with Crippen LogP contribution < -0.4 is 9.88 Å². The van der Waals surface area contributed by atoms with Crippen LogP contribution in [0.1, 0.15) is 43.2 Å². The van der Waals surface area contributed by atoms with Crippen LogP contribution in [0, 0.1) is 13.8 Å². The van der Waals surface area contributed by atoms with Crippen molar-refractivity contribution in [3.8, 4) is 5.75 Å². The van der Waals surface area contributed by atoms with Gasteiger partial charge in [-0.3, -0.25) is 0 Å². The quantitative estimate of drug-likeness (QED) is 0.927. The molecule has 0 atom stereocenters. The number of ether oxygens (including phenoxy) is 1. The fourth-order valence-corrected chi connectivity index (χ4v) is 3.45. The lowest BCUT2D eigenvalue weighted by molar-refractivity contribution is 0.150. The van der Waals surface area contributed by atoms with Crippen LogP contribution in [0.15, 0.2) is 17.0 Å². The van der Waals surface area contributed by atoms with Crippen molar-refractivity contribution in [1.82, 2.24) is 0 Å². The van der Waals surface area contributed by atoms with Crippen LogP contribution in [0.3, 0.4) is 0 Å². The Labute approximate surface area is 115 Å². The summed E-state index contributed by atoms with van der Waals surface area (Å²) < 4.78 is 29.3. The topological polar surface area (TPSA) is 69.4 Å². The fraction of sp³-hybridized carbons (Fsp3) is 0.571. The Hall–Kier alpha value is -1.07. The van der Waals surface area contributed by atoms with E-state index >= 15 is 0 Å². The van der Waals surface area contributed by atoms with Crippen molar-refractivity contribution in [3.05, 3.63) is 23.3 Å². The molecule has 1 aromatic carbocycles. The van der Waals surface area contributed by atoms with Gasteiger partial charge in [0.1, 0.15) is 10.6 Å². The number of hydrogen-bond acceptors (Lipinski definition) is 3. The van der Waals surface area contributed by atoms with E-state index in [1.165, 1.54) is 6.42 Å². The molecular formula is C14H21NO3S. The van der Waals surface area contributed by atoms with Crippen molar-refractivity contribution in [2.24, 2.45) is 5.14 Å². The summed E-state index contributed by atoms with van der Waals surface area (Å²) >= 11 is 0. The van der Waals surface area contributed by atoms with Crippen LogP contribution in [0.4, 0.5) is 0 Å². The molecule has 0 aliphatic heterocycles. The van der Waals surface area contributed by atoms with Gasteiger partial charge < -0.3 is 4.74 Å². The van der Waals surface area contributed by atoms with Crippen molar-refractivity contribution < 1.29 is 13.2 Å². The zero-order valence-corrected chi connectivity index (χ0v) is 12.3. The zero-order valence-electron chi connectivity index (χ0n) is 11.5. The molecular weight excluding hydrogens is 262 g/mol. The van der Waals surface area contributed by atoms with Crippen LogP contribution in [0.25, 0.3) is 0 Å². The van der Waals surface area contributed by atoms with Gasteiger partial charge in [-0.05, 0) is 56.7 Å². The fourth-order valence-electron chi connectivity index (χ4n) is 2.63. The van der Waals surface area contributed by atoms with Gasteiger partial charge >= 0.3 is 0 Å². The van der Waals surface area contributed by atoms with E-state index in [0.29, 0.717) is 5.75 Å². The predicted molar refractivity (Wildman–Crippen MR) is 74.8 cm³/mol. The number of benzene rings is 1. The number of aryl methyl sites for hydroxylation is 2. The zero-order chi connectivity index (χ0) is 14.0. The van der Waals surface area contributed by atoms with E-state index in [4.69, 9.17) is 9.88 Å². The van der Waals surface area contributed by atoms with Crippen LogP contribution in [-0.4, -0.2) is 14.5 Å². The highest BCUT2D eigenvalue weighted by atomic mass is 32.2. The van der Waals surface area contributed by atoms with E-state index in [-0.39, 0.29) is 11.0 Å². The van der Waals surface area contributed by atoms with Crippen molar-refractivity contribution in [2.75, 3.05) is 0 Å². The highest BCUT2D eigenvalue weighted by molar-refractivity contribution is 7.89. The second kappa shape index (κ2) is 5.51. The molecule has 0 heterocycles. The first-order valence-corrected chi connectivity index (χ1v) is 8.23. The molecule has 4 nitrogen and oxygen atoms in total. The van der Waals surface area contributed by atoms with E-state index in [9.17, 15) is 8.42 Å². The Morgan fingerprint density at radius 3 is 2.37 bits per heavy atom. The third kappa shape index (κ3) is 3.48. The van der Waals surface area contributed by atoms with Gasteiger partial charge in [-0.25, -0.2) is 13.6 Å². The minimum atomic E-state index is -3.75. The SMILES string of the molecule is Cc1cc(C)c(OC2CCCCC2)c(S(N)(=O)=O)c1. The van der Waals surface area contributed by atoms with Gasteiger partial charge in [0.2, 0.25) is 10.0 Å². The minimum Gasteiger partial charge on any atom is -0.489 e. The molecule has 0 aromatic heterocycles. The molecule has 0 unspecified atom stereocenters. The van der Waals surface area contributed by atoms with Crippen molar-refractivity contribution in [3.63, 3.8) is 0 Å². The van der Waals surface area contributed by atoms with Crippen LogP contribution in [0.2, 0.25) is 0 Å². The minimum absolute atomic E-state index is 0.107. The van der Waals surface area contributed by atoms with Crippen molar-refractivity contribution in [2.45, 2.75) is 57.0 Å². The molecule has 1 fully saturated rings. The lowest BCUT2D eigenvalue weighted by atomic mass is 9.97. The van der Waals surface area contributed by atoms with Gasteiger partial charge in [0.25, 0.3) is 0 Å². The first-order valence-electron chi connectivity index (χ1n) is 6.68. The average molecular weight is 283 g/mol. The maximum absolute atomic E-state index is 11.7. The monoisotopic (exact) mass is 283 g/mol. The summed E-state index contributed by atoms with van der Waals surface area (Å²) in [5.41, 5.74) is 1.70. The van der Waals surface area contributed by atoms with E-state index < -0.39 is 10.0 Å². The Balaban J connectivity index is 2.37. The van der Waals surface area contributed by atoms with E-state index in [2.05, 4.69) is 0 Å². The standard InChI is InChI=1S/C14H21NO3S/c1-10-8-11(2)14(13(9-10)19(15,16)17)18-12-6-4-3-5-7-12/h8-9,12H,3-7H2,1-2H3,(H2,15,16,17). The summed E-state index contributed by atoms with van der Waals surface area (Å²) in [5.74, 6) is 0.431. The molecule has 0 bridgehead atoms. The normalized spacial score (nSPS) is 17.4. The Morgan fingerprint density at radius 1 is 1.16 bits per heavy atom. The van der Waals surface area contributed by atoms with E-state index in [1.54, 1.807) is 6.07 Å². The maximum Gasteiger partial charge on any atom is 0.241 e. The molecule has 19 heavy (non-hydrogen) atoms. The molecule has 1 saturated carbocycles. The highest BCUT2D eigenvalue weighted by Crippen LogP contribution is 2.32. The third-order valence-corrected chi connectivity index (χ3v) is 4.44. The molecule has 2 rings (SSSR count). The van der Waals surface area contributed by atoms with Gasteiger partial charge in [-0.2, -0.15) is 0 Å². The van der Waals surface area contributed by atoms with Gasteiger partial charge in [0.15, 0.2) is 0 Å². The number of rotatable bonds is 3. The molecule has 2 N–H and O–H groups in total.